The molecule has 2 aliphatic heterocycles. The summed E-state index contributed by atoms with van der Waals surface area (Å²) < 4.78 is 39.4. The summed E-state index contributed by atoms with van der Waals surface area (Å²) in [6, 6.07) is 0.408. The molecule has 1 aromatic heterocycles. The Bertz CT molecular complexity index is 469. The molecule has 0 saturated carbocycles. The number of rotatable bonds is 2. The van der Waals surface area contributed by atoms with Gasteiger partial charge in [0, 0.05) is 43.7 Å². The summed E-state index contributed by atoms with van der Waals surface area (Å²) in [5.74, 6) is 1.71. The van der Waals surface area contributed by atoms with Crippen molar-refractivity contribution in [3.63, 3.8) is 0 Å². The molecule has 0 radical (unpaired) electrons. The molecule has 9 heteroatoms. The van der Waals surface area contributed by atoms with Crippen LogP contribution in [0.15, 0.2) is 0 Å². The maximum atomic E-state index is 12.7. The largest absolute Gasteiger partial charge is 0.451 e. The molecule has 5 nitrogen and oxygen atoms in total. The normalized spacial score (nSPS) is 24.6. The summed E-state index contributed by atoms with van der Waals surface area (Å²) in [6.45, 7) is 3.19. The van der Waals surface area contributed by atoms with E-state index in [9.17, 15) is 13.2 Å². The highest BCUT2D eigenvalue weighted by atomic mass is 32.2. The van der Waals surface area contributed by atoms with Crippen LogP contribution < -0.4 is 5.32 Å². The van der Waals surface area contributed by atoms with Crippen LogP contribution in [-0.4, -0.2) is 56.8 Å². The Labute approximate surface area is 118 Å². The van der Waals surface area contributed by atoms with Crippen LogP contribution in [0.1, 0.15) is 11.6 Å². The summed E-state index contributed by atoms with van der Waals surface area (Å²) in [4.78, 5) is 2.15. The van der Waals surface area contributed by atoms with Crippen LogP contribution in [0.5, 0.6) is 0 Å². The Morgan fingerprint density at radius 2 is 2.15 bits per heavy atom. The molecular weight excluding hydrogens is 291 g/mol. The Balaban J connectivity index is 1.65. The first kappa shape index (κ1) is 14.2. The fourth-order valence-electron chi connectivity index (χ4n) is 2.62. The number of thioether (sulfide) groups is 1. The summed E-state index contributed by atoms with van der Waals surface area (Å²) >= 11 is 1.91. The zero-order chi connectivity index (χ0) is 14.2. The first-order valence-corrected chi connectivity index (χ1v) is 7.72. The molecule has 0 aliphatic carbocycles. The smallest absolute Gasteiger partial charge is 0.311 e. The van der Waals surface area contributed by atoms with Crippen LogP contribution in [0.3, 0.4) is 0 Å². The standard InChI is InChI=1S/C11H16F3N5S/c12-11(13,14)10-17-16-9-6-18(2-3-19(9)10)5-8-7-20-4-1-15-8/h8,15H,1-7H2. The molecule has 0 spiro atoms. The topological polar surface area (TPSA) is 46.0 Å². The number of aromatic nitrogens is 3. The molecule has 1 N–H and O–H groups in total. The second kappa shape index (κ2) is 5.53. The highest BCUT2D eigenvalue weighted by Crippen LogP contribution is 2.29. The van der Waals surface area contributed by atoms with Crippen LogP contribution >= 0.6 is 11.8 Å². The van der Waals surface area contributed by atoms with Crippen LogP contribution in [0, 0.1) is 0 Å². The number of nitrogens with zero attached hydrogens (tertiary/aromatic N) is 4. The van der Waals surface area contributed by atoms with Crippen molar-refractivity contribution in [3.05, 3.63) is 11.6 Å². The number of hydrogen-bond donors (Lipinski definition) is 1. The van der Waals surface area contributed by atoms with E-state index in [4.69, 9.17) is 0 Å². The fraction of sp³-hybridized carbons (Fsp3) is 0.818. The third-order valence-corrected chi connectivity index (χ3v) is 4.69. The monoisotopic (exact) mass is 307 g/mol. The Morgan fingerprint density at radius 3 is 2.85 bits per heavy atom. The van der Waals surface area contributed by atoms with Crippen molar-refractivity contribution in [1.29, 1.82) is 0 Å². The lowest BCUT2D eigenvalue weighted by molar-refractivity contribution is -0.148. The van der Waals surface area contributed by atoms with Crippen molar-refractivity contribution in [2.45, 2.75) is 25.3 Å². The van der Waals surface area contributed by atoms with E-state index in [0.717, 1.165) is 24.6 Å². The molecule has 1 unspecified atom stereocenters. The van der Waals surface area contributed by atoms with Gasteiger partial charge in [0.25, 0.3) is 0 Å². The van der Waals surface area contributed by atoms with Crippen molar-refractivity contribution >= 4 is 11.8 Å². The molecule has 1 aromatic rings. The van der Waals surface area contributed by atoms with Gasteiger partial charge in [-0.15, -0.1) is 10.2 Å². The number of alkyl halides is 3. The van der Waals surface area contributed by atoms with Crippen LogP contribution in [0.25, 0.3) is 0 Å². The lowest BCUT2D eigenvalue weighted by atomic mass is 10.2. The van der Waals surface area contributed by atoms with Gasteiger partial charge in [-0.2, -0.15) is 24.9 Å². The molecular formula is C11H16F3N5S. The van der Waals surface area contributed by atoms with Gasteiger partial charge >= 0.3 is 6.18 Å². The molecule has 3 heterocycles. The molecule has 1 fully saturated rings. The molecule has 0 bridgehead atoms. The van der Waals surface area contributed by atoms with Gasteiger partial charge in [-0.3, -0.25) is 4.90 Å². The molecule has 1 atom stereocenters. The highest BCUT2D eigenvalue weighted by molar-refractivity contribution is 7.99. The third-order valence-electron chi connectivity index (χ3n) is 3.56. The number of nitrogens with one attached hydrogen (secondary N) is 1. The zero-order valence-electron chi connectivity index (χ0n) is 10.9. The highest BCUT2D eigenvalue weighted by Gasteiger charge is 2.39. The van der Waals surface area contributed by atoms with Crippen molar-refractivity contribution < 1.29 is 13.2 Å². The predicted molar refractivity (Wildman–Crippen MR) is 69.4 cm³/mol. The second-order valence-electron chi connectivity index (χ2n) is 5.05. The predicted octanol–water partition coefficient (Wildman–Crippen LogP) is 0.817. The number of hydrogen-bond acceptors (Lipinski definition) is 5. The van der Waals surface area contributed by atoms with Gasteiger partial charge in [-0.1, -0.05) is 0 Å². The Kier molecular flexibility index (Phi) is 3.91. The van der Waals surface area contributed by atoms with E-state index in [1.165, 1.54) is 4.57 Å². The summed E-state index contributed by atoms with van der Waals surface area (Å²) in [5.41, 5.74) is 0. The van der Waals surface area contributed by atoms with E-state index in [-0.39, 0.29) is 0 Å². The van der Waals surface area contributed by atoms with Gasteiger partial charge in [0.05, 0.1) is 6.54 Å². The van der Waals surface area contributed by atoms with E-state index in [1.807, 2.05) is 11.8 Å². The van der Waals surface area contributed by atoms with Gasteiger partial charge in [0.15, 0.2) is 0 Å². The lowest BCUT2D eigenvalue weighted by Crippen LogP contribution is -2.48. The first-order valence-electron chi connectivity index (χ1n) is 6.57. The van der Waals surface area contributed by atoms with Crippen molar-refractivity contribution in [2.24, 2.45) is 0 Å². The lowest BCUT2D eigenvalue weighted by Gasteiger charge is -2.32. The minimum atomic E-state index is -4.42. The van der Waals surface area contributed by atoms with Crippen LogP contribution in [0.2, 0.25) is 0 Å². The number of halogens is 3. The molecule has 0 amide bonds. The molecule has 1 saturated heterocycles. The van der Waals surface area contributed by atoms with E-state index in [1.54, 1.807) is 0 Å². The Hall–Kier alpha value is -0.800. The van der Waals surface area contributed by atoms with Gasteiger partial charge in [0.1, 0.15) is 5.82 Å². The summed E-state index contributed by atoms with van der Waals surface area (Å²) in [6.07, 6.45) is -4.42. The van der Waals surface area contributed by atoms with Gasteiger partial charge in [-0.05, 0) is 0 Å². The van der Waals surface area contributed by atoms with Crippen LogP contribution in [0.4, 0.5) is 13.2 Å². The average molecular weight is 307 g/mol. The van der Waals surface area contributed by atoms with E-state index >= 15 is 0 Å². The first-order chi connectivity index (χ1) is 9.54. The summed E-state index contributed by atoms with van der Waals surface area (Å²) in [7, 11) is 0. The van der Waals surface area contributed by atoms with Crippen molar-refractivity contribution in [1.82, 2.24) is 25.0 Å². The molecule has 3 rings (SSSR count). The molecule has 112 valence electrons. The molecule has 0 aromatic carbocycles. The average Bonchev–Trinajstić information content (AvgIpc) is 2.83. The van der Waals surface area contributed by atoms with E-state index in [2.05, 4.69) is 20.4 Å². The quantitative estimate of drug-likeness (QED) is 0.876. The van der Waals surface area contributed by atoms with Crippen LogP contribution in [-0.2, 0) is 19.3 Å². The third kappa shape index (κ3) is 2.94. The fourth-order valence-corrected chi connectivity index (χ4v) is 3.56. The summed E-state index contributed by atoms with van der Waals surface area (Å²) in [5, 5.41) is 10.4. The molecule has 20 heavy (non-hydrogen) atoms. The zero-order valence-corrected chi connectivity index (χ0v) is 11.7. The maximum absolute atomic E-state index is 12.7. The maximum Gasteiger partial charge on any atom is 0.451 e. The minimum Gasteiger partial charge on any atom is -0.311 e. The SMILES string of the molecule is FC(F)(F)c1nnc2n1CCN(CC1CSCCN1)C2. The minimum absolute atomic E-state index is 0.303. The van der Waals surface area contributed by atoms with Crippen molar-refractivity contribution in [3.8, 4) is 0 Å². The Morgan fingerprint density at radius 1 is 1.30 bits per heavy atom. The number of fused-ring (bicyclic) bond motifs is 1. The van der Waals surface area contributed by atoms with E-state index < -0.39 is 12.0 Å². The van der Waals surface area contributed by atoms with Crippen molar-refractivity contribution in [2.75, 3.05) is 31.1 Å². The van der Waals surface area contributed by atoms with E-state index in [0.29, 0.717) is 31.5 Å². The second-order valence-corrected chi connectivity index (χ2v) is 6.20. The van der Waals surface area contributed by atoms with Gasteiger partial charge in [-0.25, -0.2) is 0 Å². The van der Waals surface area contributed by atoms with Gasteiger partial charge in [0.2, 0.25) is 5.82 Å². The van der Waals surface area contributed by atoms with Gasteiger partial charge < -0.3 is 9.88 Å². The molecule has 2 aliphatic rings.